The van der Waals surface area contributed by atoms with Gasteiger partial charge in [-0.3, -0.25) is 0 Å². The standard InChI is InChI=1S/C2H4Cl2.3BrH.In/c3-1-2-4;;;;/h1-2H2;3*1H;/q;;;;+3/p-3. The Morgan fingerprint density at radius 1 is 1.00 bits per heavy atom. The maximum atomic E-state index is 5.05. The molecule has 0 N–H and O–H groups in total. The van der Waals surface area contributed by atoms with Crippen molar-refractivity contribution in [3.05, 3.63) is 0 Å². The van der Waals surface area contributed by atoms with E-state index in [-0.39, 0.29) is 0 Å². The molecule has 0 unspecified atom stereocenters. The van der Waals surface area contributed by atoms with Crippen LogP contribution in [0.2, 0.25) is 0 Å². The quantitative estimate of drug-likeness (QED) is 0.532. The molecule has 0 aliphatic rings. The zero-order valence-electron chi connectivity index (χ0n) is 3.88. The Kier molecular flexibility index (Phi) is 21.2. The summed E-state index contributed by atoms with van der Waals surface area (Å²) in [6.07, 6.45) is 0. The molecule has 0 aromatic heterocycles. The molecule has 0 nitrogen and oxygen atoms in total. The van der Waals surface area contributed by atoms with Crippen LogP contribution in [-0.4, -0.2) is 26.2 Å². The summed E-state index contributed by atoms with van der Waals surface area (Å²) in [7, 11) is 0. The average Bonchev–Trinajstić information content (AvgIpc) is 1.65. The van der Waals surface area contributed by atoms with Crippen LogP contribution >= 0.6 is 60.1 Å². The van der Waals surface area contributed by atoms with Crippen LogP contribution in [0.15, 0.2) is 0 Å². The molecule has 0 amide bonds. The minimum absolute atomic E-state index is 0.557. The average molecular weight is 453 g/mol. The van der Waals surface area contributed by atoms with Gasteiger partial charge in [0, 0.05) is 11.8 Å². The molecule has 0 atom stereocenters. The molecule has 8 heavy (non-hydrogen) atoms. The molecule has 0 aromatic rings. The van der Waals surface area contributed by atoms with Crippen molar-refractivity contribution in [2.24, 2.45) is 0 Å². The Bertz CT molecular complexity index is 31.7. The maximum absolute atomic E-state index is 5.05. The molecule has 0 aromatic carbocycles. The van der Waals surface area contributed by atoms with Gasteiger partial charge in [0.25, 0.3) is 0 Å². The summed E-state index contributed by atoms with van der Waals surface area (Å²) in [5.41, 5.74) is 0. The van der Waals surface area contributed by atoms with Crippen molar-refractivity contribution in [1.82, 2.24) is 0 Å². The molecule has 0 rings (SSSR count). The second kappa shape index (κ2) is 12.6. The van der Waals surface area contributed by atoms with Gasteiger partial charge in [-0.05, 0) is 0 Å². The molecular formula is C2H4Br3Cl2In. The van der Waals surface area contributed by atoms with Crippen molar-refractivity contribution < 1.29 is 0 Å². The Labute approximate surface area is 84.7 Å². The summed E-state index contributed by atoms with van der Waals surface area (Å²) in [4.78, 5) is 0. The zero-order valence-corrected chi connectivity index (χ0v) is 13.4. The fourth-order valence-electron chi connectivity index (χ4n) is 0. The van der Waals surface area contributed by atoms with Crippen LogP contribution < -0.4 is 0 Å². The molecule has 0 saturated carbocycles. The topological polar surface area (TPSA) is 0 Å². The number of rotatable bonds is 1. The zero-order chi connectivity index (χ0) is 6.99. The molecular weight excluding hydrogens is 449 g/mol. The molecule has 0 saturated heterocycles. The van der Waals surface area contributed by atoms with E-state index < -0.39 is 14.4 Å². The van der Waals surface area contributed by atoms with Gasteiger partial charge in [0.2, 0.25) is 0 Å². The van der Waals surface area contributed by atoms with E-state index in [1.54, 1.807) is 0 Å². The molecule has 50 valence electrons. The van der Waals surface area contributed by atoms with E-state index in [9.17, 15) is 0 Å². The van der Waals surface area contributed by atoms with E-state index in [2.05, 4.69) is 36.9 Å². The van der Waals surface area contributed by atoms with Crippen LogP contribution in [0.3, 0.4) is 0 Å². The van der Waals surface area contributed by atoms with Gasteiger partial charge in [-0.1, -0.05) is 0 Å². The third kappa shape index (κ3) is 36.6. The fraction of sp³-hybridized carbons (Fsp3) is 1.00. The predicted octanol–water partition coefficient (Wildman–Crippen LogP) is 3.62. The third-order valence-corrected chi connectivity index (χ3v) is 0.643. The van der Waals surface area contributed by atoms with Crippen molar-refractivity contribution in [3.63, 3.8) is 0 Å². The van der Waals surface area contributed by atoms with E-state index in [4.69, 9.17) is 23.2 Å². The molecule has 0 aliphatic heterocycles. The Morgan fingerprint density at radius 3 is 1.12 bits per heavy atom. The van der Waals surface area contributed by atoms with Gasteiger partial charge in [-0.15, -0.1) is 23.2 Å². The van der Waals surface area contributed by atoms with Crippen molar-refractivity contribution in [2.45, 2.75) is 0 Å². The van der Waals surface area contributed by atoms with E-state index in [0.29, 0.717) is 11.8 Å². The summed E-state index contributed by atoms with van der Waals surface area (Å²) in [6, 6.07) is 0. The SMILES string of the molecule is ClCCCl.[Br][In]([Br])[Br]. The van der Waals surface area contributed by atoms with Gasteiger partial charge in [-0.25, -0.2) is 0 Å². The van der Waals surface area contributed by atoms with Crippen LogP contribution in [0, 0.1) is 0 Å². The van der Waals surface area contributed by atoms with Gasteiger partial charge in [0.15, 0.2) is 0 Å². The second-order valence-electron chi connectivity index (χ2n) is 0.625. The summed E-state index contributed by atoms with van der Waals surface area (Å²) in [6.45, 7) is 0. The summed E-state index contributed by atoms with van der Waals surface area (Å²) in [5.74, 6) is 1.11. The van der Waals surface area contributed by atoms with Crippen LogP contribution in [0.1, 0.15) is 0 Å². The van der Waals surface area contributed by atoms with Crippen molar-refractivity contribution in [2.75, 3.05) is 11.8 Å². The molecule has 0 spiro atoms. The van der Waals surface area contributed by atoms with E-state index >= 15 is 0 Å². The molecule has 0 fully saturated rings. The van der Waals surface area contributed by atoms with Gasteiger partial charge >= 0.3 is 51.3 Å². The number of halogens is 5. The van der Waals surface area contributed by atoms with E-state index in [0.717, 1.165) is 0 Å². The second-order valence-corrected chi connectivity index (χ2v) is 45.9. The first-order valence-corrected chi connectivity index (χ1v) is 24.9. The first kappa shape index (κ1) is 13.5. The molecule has 6 heteroatoms. The molecule has 0 bridgehead atoms. The van der Waals surface area contributed by atoms with Gasteiger partial charge < -0.3 is 0 Å². The van der Waals surface area contributed by atoms with Crippen molar-refractivity contribution >= 4 is 74.5 Å². The molecule has 0 heterocycles. The predicted molar refractivity (Wildman–Crippen MR) is 54.0 cm³/mol. The number of alkyl halides is 2. The summed E-state index contributed by atoms with van der Waals surface area (Å²) >= 11 is 18.9. The monoisotopic (exact) mass is 450 g/mol. The Hall–Kier alpha value is 2.89. The summed E-state index contributed by atoms with van der Waals surface area (Å²) < 4.78 is 0. The van der Waals surface area contributed by atoms with Crippen LogP contribution in [-0.2, 0) is 0 Å². The van der Waals surface area contributed by atoms with E-state index in [1.165, 1.54) is 0 Å². The first-order valence-electron chi connectivity index (χ1n) is 1.69. The number of hydrogen-bond donors (Lipinski definition) is 0. The minimum atomic E-state index is -1.20. The van der Waals surface area contributed by atoms with E-state index in [1.807, 2.05) is 0 Å². The fourth-order valence-corrected chi connectivity index (χ4v) is 0. The number of hydrogen-bond acceptors (Lipinski definition) is 0. The van der Waals surface area contributed by atoms with Crippen molar-refractivity contribution in [1.29, 1.82) is 0 Å². The van der Waals surface area contributed by atoms with Crippen LogP contribution in [0.4, 0.5) is 0 Å². The van der Waals surface area contributed by atoms with Crippen molar-refractivity contribution in [3.8, 4) is 0 Å². The normalized spacial score (nSPS) is 7.12. The first-order chi connectivity index (χ1) is 3.65. The third-order valence-electron chi connectivity index (χ3n) is 0.0714. The molecule has 0 radical (unpaired) electrons. The van der Waals surface area contributed by atoms with Gasteiger partial charge in [0.05, 0.1) is 0 Å². The van der Waals surface area contributed by atoms with Gasteiger partial charge in [0.1, 0.15) is 0 Å². The summed E-state index contributed by atoms with van der Waals surface area (Å²) in [5, 5.41) is 0. The van der Waals surface area contributed by atoms with Crippen LogP contribution in [0.5, 0.6) is 0 Å². The molecule has 0 aliphatic carbocycles. The van der Waals surface area contributed by atoms with Crippen LogP contribution in [0.25, 0.3) is 0 Å². The Morgan fingerprint density at radius 2 is 1.12 bits per heavy atom. The van der Waals surface area contributed by atoms with Gasteiger partial charge in [-0.2, -0.15) is 0 Å². The Balaban J connectivity index is 0.